The number of carbonyl (C=O) groups excluding carboxylic acids is 1. The Bertz CT molecular complexity index is 899. The Morgan fingerprint density at radius 1 is 1.00 bits per heavy atom. The topological polar surface area (TPSA) is 72.2 Å². The van der Waals surface area contributed by atoms with Gasteiger partial charge >= 0.3 is 12.4 Å². The molecule has 0 aliphatic heterocycles. The van der Waals surface area contributed by atoms with Crippen LogP contribution in [0.15, 0.2) is 47.4 Å². The maximum atomic E-state index is 12.7. The molecule has 12 heteroatoms. The van der Waals surface area contributed by atoms with Gasteiger partial charge in [0, 0.05) is 11.8 Å². The molecule has 2 aromatic carbocycles. The third-order valence-corrected chi connectivity index (χ3v) is 4.38. The van der Waals surface area contributed by atoms with Crippen molar-refractivity contribution in [3.63, 3.8) is 0 Å². The second-order valence-electron chi connectivity index (χ2n) is 5.35. The van der Waals surface area contributed by atoms with Gasteiger partial charge < -0.3 is 5.32 Å². The van der Waals surface area contributed by atoms with E-state index in [0.29, 0.717) is 30.0 Å². The Kier molecular flexibility index (Phi) is 6.22. The normalized spacial score (nSPS) is 11.9. The Morgan fingerprint density at radius 3 is 2.18 bits per heavy atom. The number of hydrogen-bond donors (Lipinski definition) is 1. The van der Waals surface area contributed by atoms with Gasteiger partial charge in [0.2, 0.25) is 5.91 Å². The maximum absolute atomic E-state index is 12.7. The lowest BCUT2D eigenvalue weighted by atomic mass is 10.2. The molecule has 1 amide bonds. The molecule has 0 saturated heterocycles. The molecule has 2 rings (SSSR count). The van der Waals surface area contributed by atoms with E-state index in [1.807, 2.05) is 0 Å². The highest BCUT2D eigenvalue weighted by atomic mass is 32.2. The summed E-state index contributed by atoms with van der Waals surface area (Å²) in [5.41, 5.74) is -3.15. The van der Waals surface area contributed by atoms with Crippen molar-refractivity contribution in [1.82, 2.24) is 0 Å². The smallest absolute Gasteiger partial charge is 0.325 e. The molecule has 0 atom stereocenters. The van der Waals surface area contributed by atoms with Crippen molar-refractivity contribution in [3.8, 4) is 0 Å². The van der Waals surface area contributed by atoms with Crippen LogP contribution in [-0.4, -0.2) is 16.6 Å². The van der Waals surface area contributed by atoms with Gasteiger partial charge in [0.25, 0.3) is 5.69 Å². The van der Waals surface area contributed by atoms with Gasteiger partial charge in [-0.05, 0) is 30.3 Å². The van der Waals surface area contributed by atoms with E-state index in [4.69, 9.17) is 0 Å². The molecule has 0 spiro atoms. The third kappa shape index (κ3) is 5.62. The summed E-state index contributed by atoms with van der Waals surface area (Å²) in [4.78, 5) is 21.7. The number of rotatable bonds is 5. The van der Waals surface area contributed by atoms with Crippen molar-refractivity contribution in [1.29, 1.82) is 0 Å². The van der Waals surface area contributed by atoms with E-state index in [-0.39, 0.29) is 10.6 Å². The number of nitro groups is 1. The highest BCUT2D eigenvalue weighted by Crippen LogP contribution is 2.36. The van der Waals surface area contributed by atoms with Gasteiger partial charge in [0.1, 0.15) is 0 Å². The molecule has 28 heavy (non-hydrogen) atoms. The first-order valence-electron chi connectivity index (χ1n) is 7.33. The second-order valence-corrected chi connectivity index (χ2v) is 6.37. The molecule has 0 aromatic heterocycles. The molecule has 0 saturated carbocycles. The van der Waals surface area contributed by atoms with Gasteiger partial charge in [-0.25, -0.2) is 0 Å². The number of anilines is 1. The zero-order chi connectivity index (χ0) is 21.1. The van der Waals surface area contributed by atoms with E-state index in [1.165, 1.54) is 6.07 Å². The van der Waals surface area contributed by atoms with Crippen molar-refractivity contribution in [2.45, 2.75) is 17.2 Å². The van der Waals surface area contributed by atoms with Crippen LogP contribution in [0.25, 0.3) is 0 Å². The first-order chi connectivity index (χ1) is 12.9. The summed E-state index contributed by atoms with van der Waals surface area (Å²) < 4.78 is 75.9. The molecular formula is C16H10F6N2O3S. The van der Waals surface area contributed by atoms with Crippen LogP contribution in [-0.2, 0) is 17.1 Å². The lowest BCUT2D eigenvalue weighted by Crippen LogP contribution is -2.15. The number of hydrogen-bond acceptors (Lipinski definition) is 4. The number of nitro benzene ring substituents is 1. The van der Waals surface area contributed by atoms with Crippen LogP contribution in [0.1, 0.15) is 11.1 Å². The van der Waals surface area contributed by atoms with Crippen molar-refractivity contribution in [2.75, 3.05) is 11.1 Å². The van der Waals surface area contributed by atoms with E-state index < -0.39 is 45.8 Å². The molecule has 0 bridgehead atoms. The van der Waals surface area contributed by atoms with Crippen LogP contribution in [0.3, 0.4) is 0 Å². The molecule has 2 aromatic rings. The summed E-state index contributed by atoms with van der Waals surface area (Å²) in [6.45, 7) is 0. The fraction of sp³-hybridized carbons (Fsp3) is 0.188. The van der Waals surface area contributed by atoms with E-state index in [2.05, 4.69) is 5.32 Å². The van der Waals surface area contributed by atoms with Crippen molar-refractivity contribution in [3.05, 3.63) is 63.7 Å². The number of benzene rings is 2. The predicted octanol–water partition coefficient (Wildman–Crippen LogP) is 5.36. The van der Waals surface area contributed by atoms with Crippen LogP contribution in [0, 0.1) is 10.1 Å². The molecule has 0 radical (unpaired) electrons. The van der Waals surface area contributed by atoms with Crippen molar-refractivity contribution in [2.24, 2.45) is 0 Å². The van der Waals surface area contributed by atoms with E-state index in [0.717, 1.165) is 18.2 Å². The van der Waals surface area contributed by atoms with Gasteiger partial charge in [-0.2, -0.15) is 26.3 Å². The molecule has 0 unspecified atom stereocenters. The van der Waals surface area contributed by atoms with Gasteiger partial charge in [-0.15, -0.1) is 11.8 Å². The SMILES string of the molecule is O=C(CSc1ccc(C(F)(F)F)cc1[N+](=O)[O-])Nc1cccc(C(F)(F)F)c1. The molecule has 150 valence electrons. The number of halogens is 6. The Labute approximate surface area is 157 Å². The molecular weight excluding hydrogens is 414 g/mol. The molecule has 5 nitrogen and oxygen atoms in total. The van der Waals surface area contributed by atoms with Crippen molar-refractivity contribution < 1.29 is 36.1 Å². The van der Waals surface area contributed by atoms with E-state index >= 15 is 0 Å². The molecule has 0 fully saturated rings. The predicted molar refractivity (Wildman–Crippen MR) is 88.9 cm³/mol. The molecule has 0 heterocycles. The number of carbonyl (C=O) groups is 1. The zero-order valence-corrected chi connectivity index (χ0v) is 14.4. The fourth-order valence-corrected chi connectivity index (χ4v) is 2.88. The minimum atomic E-state index is -4.77. The number of nitrogens with zero attached hydrogens (tertiary/aromatic N) is 1. The number of thioether (sulfide) groups is 1. The lowest BCUT2D eigenvalue weighted by molar-refractivity contribution is -0.388. The largest absolute Gasteiger partial charge is 0.416 e. The van der Waals surface area contributed by atoms with Crippen LogP contribution in [0.5, 0.6) is 0 Å². The summed E-state index contributed by atoms with van der Waals surface area (Å²) in [5.74, 6) is -1.24. The van der Waals surface area contributed by atoms with E-state index in [1.54, 1.807) is 0 Å². The Balaban J connectivity index is 2.10. The Morgan fingerprint density at radius 2 is 1.61 bits per heavy atom. The number of alkyl halides is 6. The van der Waals surface area contributed by atoms with E-state index in [9.17, 15) is 41.3 Å². The van der Waals surface area contributed by atoms with Gasteiger partial charge in [0.15, 0.2) is 0 Å². The third-order valence-electron chi connectivity index (χ3n) is 3.32. The van der Waals surface area contributed by atoms with Gasteiger partial charge in [0.05, 0.1) is 26.7 Å². The minimum absolute atomic E-state index is 0.137. The maximum Gasteiger partial charge on any atom is 0.416 e. The molecule has 0 aliphatic rings. The molecule has 0 aliphatic carbocycles. The average molecular weight is 424 g/mol. The Hall–Kier alpha value is -2.76. The number of nitrogens with one attached hydrogen (secondary N) is 1. The summed E-state index contributed by atoms with van der Waals surface area (Å²) in [6, 6.07) is 5.69. The van der Waals surface area contributed by atoms with Crippen LogP contribution >= 0.6 is 11.8 Å². The minimum Gasteiger partial charge on any atom is -0.325 e. The summed E-state index contributed by atoms with van der Waals surface area (Å²) >= 11 is 0.589. The summed E-state index contributed by atoms with van der Waals surface area (Å²) in [5, 5.41) is 13.2. The van der Waals surface area contributed by atoms with Crippen LogP contribution < -0.4 is 5.32 Å². The van der Waals surface area contributed by atoms with Gasteiger partial charge in [-0.1, -0.05) is 6.07 Å². The molecule has 1 N–H and O–H groups in total. The highest BCUT2D eigenvalue weighted by Gasteiger charge is 2.33. The second kappa shape index (κ2) is 8.09. The van der Waals surface area contributed by atoms with Gasteiger partial charge in [-0.3, -0.25) is 14.9 Å². The first-order valence-corrected chi connectivity index (χ1v) is 8.32. The zero-order valence-electron chi connectivity index (χ0n) is 13.6. The monoisotopic (exact) mass is 424 g/mol. The highest BCUT2D eigenvalue weighted by molar-refractivity contribution is 8.00. The van der Waals surface area contributed by atoms with Crippen LogP contribution in [0.2, 0.25) is 0 Å². The van der Waals surface area contributed by atoms with Crippen molar-refractivity contribution >= 4 is 29.0 Å². The van der Waals surface area contributed by atoms with Crippen LogP contribution in [0.4, 0.5) is 37.7 Å². The summed E-state index contributed by atoms with van der Waals surface area (Å²) in [6.07, 6.45) is -9.37. The fourth-order valence-electron chi connectivity index (χ4n) is 2.07. The quantitative estimate of drug-likeness (QED) is 0.304. The standard InChI is InChI=1S/C16H10F6N2O3S/c17-15(18,19)9-2-1-3-11(6-9)23-14(25)8-28-13-5-4-10(16(20,21)22)7-12(13)24(26)27/h1-7H,8H2,(H,23,25). The average Bonchev–Trinajstić information content (AvgIpc) is 2.58. The first kappa shape index (κ1) is 21.5. The number of amides is 1. The summed E-state index contributed by atoms with van der Waals surface area (Å²) in [7, 11) is 0. The lowest BCUT2D eigenvalue weighted by Gasteiger charge is -2.10.